The zero-order valence-corrected chi connectivity index (χ0v) is 41.3. The highest BCUT2D eigenvalue weighted by Gasteiger charge is 2.52. The molecule has 6 aromatic carbocycles. The molecule has 4 atom stereocenters. The third-order valence-electron chi connectivity index (χ3n) is 16.2. The molecule has 0 aliphatic heterocycles. The van der Waals surface area contributed by atoms with Crippen molar-refractivity contribution in [2.75, 3.05) is 19.8 Å². The van der Waals surface area contributed by atoms with Crippen LogP contribution in [0.3, 0.4) is 0 Å². The fourth-order valence-corrected chi connectivity index (χ4v) is 13.3. The normalized spacial score (nSPS) is 21.3. The lowest BCUT2D eigenvalue weighted by Gasteiger charge is -2.38. The maximum atomic E-state index is 12.0. The molecule has 0 saturated carbocycles. The predicted octanol–water partition coefficient (Wildman–Crippen LogP) is 12.8. The first kappa shape index (κ1) is 51.5. The van der Waals surface area contributed by atoms with E-state index in [2.05, 4.69) is 159 Å². The molecule has 6 aromatic rings. The van der Waals surface area contributed by atoms with Gasteiger partial charge in [-0.15, -0.1) is 0 Å². The molecular formula is C65H70O7. The smallest absolute Gasteiger partial charge is 0.333 e. The summed E-state index contributed by atoms with van der Waals surface area (Å²) in [5.41, 5.74) is 15.6. The van der Waals surface area contributed by atoms with E-state index in [1.54, 1.807) is 13.8 Å². The minimum atomic E-state index is -0.772. The van der Waals surface area contributed by atoms with Crippen molar-refractivity contribution >= 4 is 17.9 Å². The molecule has 0 saturated heterocycles. The predicted molar refractivity (Wildman–Crippen MR) is 287 cm³/mol. The maximum absolute atomic E-state index is 12.0. The van der Waals surface area contributed by atoms with Gasteiger partial charge in [0, 0.05) is 45.8 Å². The Labute approximate surface area is 426 Å². The Morgan fingerprint density at radius 3 is 0.986 bits per heavy atom. The van der Waals surface area contributed by atoms with Crippen LogP contribution in [0.4, 0.5) is 0 Å². The molecule has 0 heterocycles. The number of aliphatic hydroxyl groups is 1. The lowest BCUT2D eigenvalue weighted by molar-refractivity contribution is -0.140. The van der Waals surface area contributed by atoms with Crippen molar-refractivity contribution in [2.45, 2.75) is 120 Å². The van der Waals surface area contributed by atoms with E-state index < -0.39 is 11.4 Å². The summed E-state index contributed by atoms with van der Waals surface area (Å²) in [5.74, 6) is -1.45. The number of esters is 2. The van der Waals surface area contributed by atoms with Crippen molar-refractivity contribution in [3.8, 4) is 0 Å². The molecule has 0 aromatic heterocycles. The zero-order chi connectivity index (χ0) is 49.8. The van der Waals surface area contributed by atoms with Crippen LogP contribution in [-0.4, -0.2) is 47.9 Å². The van der Waals surface area contributed by atoms with Crippen molar-refractivity contribution in [3.63, 3.8) is 0 Å². The van der Waals surface area contributed by atoms with Crippen LogP contribution in [0.25, 0.3) is 0 Å². The minimum Gasteiger partial charge on any atom is -0.481 e. The van der Waals surface area contributed by atoms with E-state index in [0.717, 1.165) is 57.8 Å². The molecule has 0 amide bonds. The summed E-state index contributed by atoms with van der Waals surface area (Å²) in [5, 5.41) is 19.6. The van der Waals surface area contributed by atoms with Gasteiger partial charge in [-0.2, -0.15) is 0 Å². The van der Waals surface area contributed by atoms with Crippen LogP contribution in [0, 0.1) is 0 Å². The number of carboxylic acids is 1. The van der Waals surface area contributed by atoms with E-state index >= 15 is 0 Å². The molecule has 372 valence electrons. The van der Waals surface area contributed by atoms with Gasteiger partial charge in [0.1, 0.15) is 0 Å². The van der Waals surface area contributed by atoms with Crippen LogP contribution in [0.1, 0.15) is 139 Å². The Balaban J connectivity index is 0.000000190. The SMILES string of the molecule is C.C=C(C)C(=O)OCCCC12Cc3ccccc3C(CCC(=O)O)(Cc3ccccc31)c1ccccc12.C=C(C)C(=O)OCCCC12Cc3ccccc3C(CCCO)(Cc3ccccc31)c1ccccc12. The molecule has 4 unspecified atom stereocenters. The second-order valence-electron chi connectivity index (χ2n) is 20.5. The molecule has 72 heavy (non-hydrogen) atoms. The average Bonchev–Trinajstić information content (AvgIpc) is 3.65. The zero-order valence-electron chi connectivity index (χ0n) is 41.3. The van der Waals surface area contributed by atoms with E-state index in [0.29, 0.717) is 37.2 Å². The Kier molecular flexibility index (Phi) is 15.4. The highest BCUT2D eigenvalue weighted by atomic mass is 16.5. The van der Waals surface area contributed by atoms with Crippen LogP contribution < -0.4 is 0 Å². The van der Waals surface area contributed by atoms with Gasteiger partial charge in [0.25, 0.3) is 0 Å². The molecule has 2 N–H and O–H groups in total. The topological polar surface area (TPSA) is 110 Å². The van der Waals surface area contributed by atoms with Gasteiger partial charge in [0.05, 0.1) is 13.2 Å². The number of aliphatic carboxylic acids is 1. The summed E-state index contributed by atoms with van der Waals surface area (Å²) in [7, 11) is 0. The molecule has 4 aliphatic carbocycles. The standard InChI is InChI=1S/C32H32O4.C32H34O3.CH4/c1-22(2)30(35)36-19-9-17-31-20-23-10-4-6-13-26(23)32(18-16-29(33)34,28-15-8-7-14-27(28)31)21-24-11-3-5-12-25(24)31;1-23(2)30(34)35-20-10-18-32-22-25-12-3-5-13-26(25)31(17-9-19-33,28-15-7-8-16-29(28)32)21-24-11-4-6-14-27(24)32;/h3-8,10-15H,1,9,16-21H2,2H3,(H,33,34);3-8,11-16,33H,1,9-10,17-22H2,2H3;1H4. The molecule has 7 heteroatoms. The van der Waals surface area contributed by atoms with Gasteiger partial charge in [0.2, 0.25) is 0 Å². The lowest BCUT2D eigenvalue weighted by Crippen LogP contribution is -2.33. The average molecular weight is 963 g/mol. The summed E-state index contributed by atoms with van der Waals surface area (Å²) in [6.45, 7) is 11.7. The van der Waals surface area contributed by atoms with Gasteiger partial charge < -0.3 is 19.7 Å². The minimum absolute atomic E-state index is 0. The number of carbonyl (C=O) groups excluding carboxylic acids is 2. The fourth-order valence-electron chi connectivity index (χ4n) is 13.3. The third-order valence-corrected chi connectivity index (χ3v) is 16.2. The maximum Gasteiger partial charge on any atom is 0.333 e. The van der Waals surface area contributed by atoms with Gasteiger partial charge in [-0.3, -0.25) is 4.79 Å². The largest absolute Gasteiger partial charge is 0.481 e. The molecule has 0 spiro atoms. The fraction of sp³-hybridized carbons (Fsp3) is 0.338. The first-order valence-corrected chi connectivity index (χ1v) is 25.4. The van der Waals surface area contributed by atoms with Crippen molar-refractivity contribution in [2.24, 2.45) is 0 Å². The number of carboxylic acid groups (broad SMARTS) is 1. The number of fused-ring (bicyclic) bond motifs is 8. The third kappa shape index (κ3) is 9.28. The van der Waals surface area contributed by atoms with E-state index in [1.807, 2.05) is 0 Å². The monoisotopic (exact) mass is 963 g/mol. The first-order chi connectivity index (χ1) is 34.4. The van der Waals surface area contributed by atoms with Gasteiger partial charge >= 0.3 is 17.9 Å². The Morgan fingerprint density at radius 1 is 0.444 bits per heavy atom. The van der Waals surface area contributed by atoms with E-state index in [9.17, 15) is 24.6 Å². The van der Waals surface area contributed by atoms with Gasteiger partial charge in [-0.25, -0.2) is 9.59 Å². The van der Waals surface area contributed by atoms with E-state index in [-0.39, 0.29) is 48.6 Å². The highest BCUT2D eigenvalue weighted by Crippen LogP contribution is 2.58. The van der Waals surface area contributed by atoms with Crippen LogP contribution in [0.15, 0.2) is 170 Å². The Morgan fingerprint density at radius 2 is 0.708 bits per heavy atom. The van der Waals surface area contributed by atoms with Gasteiger partial charge in [-0.1, -0.05) is 166 Å². The van der Waals surface area contributed by atoms with E-state index in [1.165, 1.54) is 66.8 Å². The number of rotatable bonds is 16. The second-order valence-corrected chi connectivity index (χ2v) is 20.5. The van der Waals surface area contributed by atoms with Crippen molar-refractivity contribution in [3.05, 3.63) is 237 Å². The molecule has 0 fully saturated rings. The second kappa shape index (κ2) is 21.5. The van der Waals surface area contributed by atoms with E-state index in [4.69, 9.17) is 9.47 Å². The Hall–Kier alpha value is -6.83. The van der Waals surface area contributed by atoms with Crippen molar-refractivity contribution < 1.29 is 34.1 Å². The van der Waals surface area contributed by atoms with Crippen LogP contribution >= 0.6 is 0 Å². The number of carbonyl (C=O) groups is 3. The molecule has 4 aliphatic rings. The summed E-state index contributed by atoms with van der Waals surface area (Å²) < 4.78 is 11.0. The Bertz CT molecular complexity index is 3000. The highest BCUT2D eigenvalue weighted by molar-refractivity contribution is 5.87. The summed E-state index contributed by atoms with van der Waals surface area (Å²) in [6.07, 6.45) is 8.90. The number of ether oxygens (including phenoxy) is 2. The van der Waals surface area contributed by atoms with Crippen molar-refractivity contribution in [1.29, 1.82) is 0 Å². The molecule has 10 rings (SSSR count). The number of hydrogen-bond acceptors (Lipinski definition) is 6. The van der Waals surface area contributed by atoms with Crippen LogP contribution in [0.2, 0.25) is 0 Å². The van der Waals surface area contributed by atoms with Gasteiger partial charge in [-0.05, 0) is 151 Å². The summed E-state index contributed by atoms with van der Waals surface area (Å²) >= 11 is 0. The molecule has 4 bridgehead atoms. The van der Waals surface area contributed by atoms with Crippen LogP contribution in [-0.2, 0) is 71.2 Å². The van der Waals surface area contributed by atoms with Crippen molar-refractivity contribution in [1.82, 2.24) is 0 Å². The number of aliphatic hydroxyl groups excluding tert-OH is 1. The molecular weight excluding hydrogens is 893 g/mol. The molecule has 0 radical (unpaired) electrons. The lowest BCUT2D eigenvalue weighted by atomic mass is 9.65. The molecule has 7 nitrogen and oxygen atoms in total. The van der Waals surface area contributed by atoms with Crippen LogP contribution in [0.5, 0.6) is 0 Å². The quantitative estimate of drug-likeness (QED) is 0.0565. The first-order valence-electron chi connectivity index (χ1n) is 25.4. The number of hydrogen-bond donors (Lipinski definition) is 2. The summed E-state index contributed by atoms with van der Waals surface area (Å²) in [4.78, 5) is 35.9. The van der Waals surface area contributed by atoms with Gasteiger partial charge in [0.15, 0.2) is 0 Å². The number of benzene rings is 6. The summed E-state index contributed by atoms with van der Waals surface area (Å²) in [6, 6.07) is 52.6.